The van der Waals surface area contributed by atoms with Crippen LogP contribution in [-0.4, -0.2) is 42.5 Å². The predicted molar refractivity (Wildman–Crippen MR) is 168 cm³/mol. The molecule has 0 bridgehead atoms. The maximum Gasteiger partial charge on any atom is 0.319 e. The van der Waals surface area contributed by atoms with Crippen LogP contribution in [0.1, 0.15) is 36.8 Å². The number of amides is 3. The maximum absolute atomic E-state index is 12.2. The molecule has 3 amide bonds. The highest BCUT2D eigenvalue weighted by Crippen LogP contribution is 2.31. The molecule has 2 heterocycles. The summed E-state index contributed by atoms with van der Waals surface area (Å²) in [5.74, 6) is 2.02. The van der Waals surface area contributed by atoms with Gasteiger partial charge in [-0.15, -0.1) is 0 Å². The summed E-state index contributed by atoms with van der Waals surface area (Å²) in [5, 5.41) is 7.78. The Morgan fingerprint density at radius 1 is 1.09 bits per heavy atom. The molecule has 6 rings (SSSR count). The van der Waals surface area contributed by atoms with Crippen LogP contribution in [0.2, 0.25) is 5.02 Å². The maximum atomic E-state index is 12.2. The van der Waals surface area contributed by atoms with Crippen molar-refractivity contribution < 1.29 is 19.1 Å². The standard InChI is InChI=1S/C34H33ClN4O4/c1-2-33(40)39-16-13-23(14-17-39)26-19-27-30(20-32(26)42-21-22-6-4-3-5-7-22)36-15-12-31(27)43-25-10-11-29(28(35)18-25)38-34(41)37-24-8-9-24/h2-7,10-11,13,18-20,24H,1,8-9,12,14-17,21H2,(H2,37,38,41). The van der Waals surface area contributed by atoms with Gasteiger partial charge < -0.3 is 25.0 Å². The van der Waals surface area contributed by atoms with Gasteiger partial charge in [0.25, 0.3) is 0 Å². The number of carbonyl (C=O) groups excluding carboxylic acids is 2. The molecule has 3 aliphatic rings. The smallest absolute Gasteiger partial charge is 0.319 e. The Hall–Kier alpha value is -4.56. The highest BCUT2D eigenvalue weighted by atomic mass is 35.5. The summed E-state index contributed by atoms with van der Waals surface area (Å²) in [6.07, 6.45) is 6.75. The van der Waals surface area contributed by atoms with Crippen molar-refractivity contribution in [1.29, 1.82) is 0 Å². The molecule has 0 saturated heterocycles. The number of urea groups is 1. The molecule has 3 aromatic carbocycles. The van der Waals surface area contributed by atoms with Gasteiger partial charge in [0, 0.05) is 55.0 Å². The molecule has 1 fully saturated rings. The number of hydrogen-bond donors (Lipinski definition) is 2. The quantitative estimate of drug-likeness (QED) is 0.332. The van der Waals surface area contributed by atoms with E-state index in [1.165, 1.54) is 6.08 Å². The first-order valence-electron chi connectivity index (χ1n) is 14.5. The number of nitrogens with zero attached hydrogens (tertiary/aromatic N) is 2. The molecule has 2 aliphatic heterocycles. The van der Waals surface area contributed by atoms with Crippen molar-refractivity contribution in [1.82, 2.24) is 10.2 Å². The van der Waals surface area contributed by atoms with E-state index in [4.69, 9.17) is 26.1 Å². The number of hydrogen-bond acceptors (Lipinski definition) is 5. The zero-order valence-corrected chi connectivity index (χ0v) is 24.5. The zero-order valence-electron chi connectivity index (χ0n) is 23.8. The molecule has 0 atom stereocenters. The highest BCUT2D eigenvalue weighted by molar-refractivity contribution is 6.33. The Morgan fingerprint density at radius 3 is 2.65 bits per heavy atom. The van der Waals surface area contributed by atoms with Crippen LogP contribution in [0, 0.1) is 0 Å². The lowest BCUT2D eigenvalue weighted by Crippen LogP contribution is -2.35. The Morgan fingerprint density at radius 2 is 1.93 bits per heavy atom. The van der Waals surface area contributed by atoms with E-state index in [1.54, 1.807) is 23.1 Å². The van der Waals surface area contributed by atoms with E-state index in [9.17, 15) is 9.59 Å². The molecule has 3 aromatic rings. The van der Waals surface area contributed by atoms with Gasteiger partial charge in [-0.2, -0.15) is 0 Å². The Labute approximate surface area is 255 Å². The topological polar surface area (TPSA) is 92.3 Å². The van der Waals surface area contributed by atoms with Crippen LogP contribution in [0.3, 0.4) is 0 Å². The van der Waals surface area contributed by atoms with Crippen molar-refractivity contribution in [2.45, 2.75) is 38.3 Å². The van der Waals surface area contributed by atoms with Gasteiger partial charge in [0.2, 0.25) is 5.91 Å². The lowest BCUT2D eigenvalue weighted by molar-refractivity contribution is -0.125. The normalized spacial score (nSPS) is 15.9. The summed E-state index contributed by atoms with van der Waals surface area (Å²) >= 11 is 6.51. The molecule has 9 heteroatoms. The molecule has 0 unspecified atom stereocenters. The third-order valence-electron chi connectivity index (χ3n) is 7.64. The Kier molecular flexibility index (Phi) is 8.47. The summed E-state index contributed by atoms with van der Waals surface area (Å²) in [4.78, 5) is 30.9. The average Bonchev–Trinajstić information content (AvgIpc) is 3.85. The molecule has 2 N–H and O–H groups in total. The van der Waals surface area contributed by atoms with Crippen LogP contribution in [0.15, 0.2) is 84.4 Å². The zero-order chi connectivity index (χ0) is 29.8. The monoisotopic (exact) mass is 596 g/mol. The van der Waals surface area contributed by atoms with Gasteiger partial charge >= 0.3 is 6.03 Å². The van der Waals surface area contributed by atoms with E-state index in [0.29, 0.717) is 55.5 Å². The van der Waals surface area contributed by atoms with Crippen molar-refractivity contribution in [2.75, 3.05) is 25.0 Å². The van der Waals surface area contributed by atoms with Gasteiger partial charge in [-0.3, -0.25) is 9.79 Å². The first kappa shape index (κ1) is 28.6. The largest absolute Gasteiger partial charge is 0.488 e. The van der Waals surface area contributed by atoms with Crippen LogP contribution in [0.4, 0.5) is 10.5 Å². The van der Waals surface area contributed by atoms with Gasteiger partial charge in [0.15, 0.2) is 0 Å². The number of benzene rings is 3. The lowest BCUT2D eigenvalue weighted by Gasteiger charge is -2.26. The lowest BCUT2D eigenvalue weighted by atomic mass is 9.96. The number of halogens is 1. The minimum Gasteiger partial charge on any atom is -0.488 e. The number of carbonyl (C=O) groups is 2. The number of rotatable bonds is 9. The minimum absolute atomic E-state index is 0.0764. The third kappa shape index (κ3) is 6.92. The van der Waals surface area contributed by atoms with Crippen LogP contribution in [0.5, 0.6) is 11.5 Å². The van der Waals surface area contributed by atoms with Crippen molar-refractivity contribution in [3.8, 4) is 11.5 Å². The molecular weight excluding hydrogens is 564 g/mol. The summed E-state index contributed by atoms with van der Waals surface area (Å²) < 4.78 is 12.8. The predicted octanol–water partition coefficient (Wildman–Crippen LogP) is 5.22. The molecule has 0 spiro atoms. The summed E-state index contributed by atoms with van der Waals surface area (Å²) in [7, 11) is 0. The molecule has 220 valence electrons. The molecule has 1 saturated carbocycles. The third-order valence-corrected chi connectivity index (χ3v) is 7.95. The fraction of sp³-hybridized carbons (Fsp3) is 0.265. The summed E-state index contributed by atoms with van der Waals surface area (Å²) in [6, 6.07) is 19.3. The average molecular weight is 597 g/mol. The second-order valence-corrected chi connectivity index (χ2v) is 11.2. The molecule has 1 aliphatic carbocycles. The number of ether oxygens (including phenoxy) is 2. The van der Waals surface area contributed by atoms with E-state index in [0.717, 1.165) is 51.6 Å². The summed E-state index contributed by atoms with van der Waals surface area (Å²) in [6.45, 7) is 5.72. The second-order valence-electron chi connectivity index (χ2n) is 10.8. The van der Waals surface area contributed by atoms with Crippen molar-refractivity contribution >= 4 is 40.6 Å². The molecular formula is C34H33ClN4O4. The molecule has 0 aromatic heterocycles. The molecule has 43 heavy (non-hydrogen) atoms. The van der Waals surface area contributed by atoms with E-state index < -0.39 is 0 Å². The van der Waals surface area contributed by atoms with E-state index >= 15 is 0 Å². The van der Waals surface area contributed by atoms with E-state index in [1.807, 2.05) is 36.4 Å². The van der Waals surface area contributed by atoms with Crippen LogP contribution >= 0.6 is 11.6 Å². The Bertz CT molecular complexity index is 1720. The van der Waals surface area contributed by atoms with Crippen LogP contribution < -0.4 is 30.7 Å². The second kappa shape index (κ2) is 12.8. The van der Waals surface area contributed by atoms with Gasteiger partial charge in [0.05, 0.1) is 16.1 Å². The van der Waals surface area contributed by atoms with Gasteiger partial charge in [-0.1, -0.05) is 54.6 Å². The van der Waals surface area contributed by atoms with Gasteiger partial charge in [-0.25, -0.2) is 4.79 Å². The van der Waals surface area contributed by atoms with Crippen molar-refractivity contribution in [3.63, 3.8) is 0 Å². The van der Waals surface area contributed by atoms with Gasteiger partial charge in [-0.05, 0) is 54.7 Å². The minimum atomic E-state index is -0.262. The van der Waals surface area contributed by atoms with Crippen LogP contribution in [-0.2, 0) is 11.4 Å². The first-order valence-corrected chi connectivity index (χ1v) is 14.9. The number of fused-ring (bicyclic) bond motifs is 1. The Balaban J connectivity index is 1.31. The highest BCUT2D eigenvalue weighted by Gasteiger charge is 2.24. The molecule has 8 nitrogen and oxygen atoms in total. The SMILES string of the molecule is C=CC(=O)N1CC=C(c2cc3c(cc2OCc2ccccc2)=NCCC=3Oc2ccc(NC(=O)NC3CC3)c(Cl)c2)CC1. The fourth-order valence-electron chi connectivity index (χ4n) is 5.16. The number of nitrogens with one attached hydrogen (secondary N) is 2. The first-order chi connectivity index (χ1) is 21.0. The van der Waals surface area contributed by atoms with Crippen molar-refractivity contribution in [3.05, 3.63) is 106 Å². The van der Waals surface area contributed by atoms with E-state index in [2.05, 4.69) is 29.4 Å². The van der Waals surface area contributed by atoms with E-state index in [-0.39, 0.29) is 18.0 Å². The van der Waals surface area contributed by atoms with Gasteiger partial charge in [0.1, 0.15) is 23.9 Å². The van der Waals surface area contributed by atoms with Crippen molar-refractivity contribution in [2.24, 2.45) is 4.99 Å². The number of anilines is 1. The molecule has 0 radical (unpaired) electrons. The fourth-order valence-corrected chi connectivity index (χ4v) is 5.38. The van der Waals surface area contributed by atoms with Crippen LogP contribution in [0.25, 0.3) is 11.3 Å². The summed E-state index contributed by atoms with van der Waals surface area (Å²) in [5.41, 5.74) is 3.65.